The van der Waals surface area contributed by atoms with Crippen molar-refractivity contribution in [3.05, 3.63) is 58.6 Å². The van der Waals surface area contributed by atoms with Crippen molar-refractivity contribution < 1.29 is 0 Å². The number of thiophene rings is 1. The zero-order valence-electron chi connectivity index (χ0n) is 11.1. The second-order valence-corrected chi connectivity index (χ2v) is 5.86. The van der Waals surface area contributed by atoms with E-state index in [-0.39, 0.29) is 6.04 Å². The van der Waals surface area contributed by atoms with E-state index in [1.54, 1.807) is 6.34 Å². The normalized spacial score (nSPS) is 17.5. The molecule has 0 fully saturated rings. The first-order chi connectivity index (χ1) is 9.24. The number of nitrogens with one attached hydrogen (secondary N) is 1. The van der Waals surface area contributed by atoms with Crippen molar-refractivity contribution in [1.29, 1.82) is 0 Å². The minimum atomic E-state index is 0.158. The Morgan fingerprint density at radius 3 is 2.63 bits per heavy atom. The molecule has 0 bridgehead atoms. The van der Waals surface area contributed by atoms with Crippen molar-refractivity contribution in [3.8, 4) is 10.4 Å². The highest BCUT2D eigenvalue weighted by molar-refractivity contribution is 7.15. The van der Waals surface area contributed by atoms with Crippen LogP contribution in [0.2, 0.25) is 0 Å². The lowest BCUT2D eigenvalue weighted by molar-refractivity contribution is 0.897. The van der Waals surface area contributed by atoms with Gasteiger partial charge in [-0.3, -0.25) is 4.99 Å². The molecule has 1 unspecified atom stereocenters. The van der Waals surface area contributed by atoms with Crippen LogP contribution in [0.15, 0.2) is 47.6 Å². The quantitative estimate of drug-likeness (QED) is 0.866. The van der Waals surface area contributed by atoms with Crippen LogP contribution < -0.4 is 5.32 Å². The van der Waals surface area contributed by atoms with E-state index in [1.807, 2.05) is 17.5 Å². The largest absolute Gasteiger partial charge is 0.353 e. The first kappa shape index (κ1) is 12.2. The summed E-state index contributed by atoms with van der Waals surface area (Å²) < 4.78 is 0. The van der Waals surface area contributed by atoms with Gasteiger partial charge in [0.05, 0.1) is 6.34 Å². The molecule has 1 aromatic carbocycles. The summed E-state index contributed by atoms with van der Waals surface area (Å²) in [5.74, 6) is 0. The smallest absolute Gasteiger partial charge is 0.106 e. The van der Waals surface area contributed by atoms with Gasteiger partial charge in [-0.2, -0.15) is 0 Å². The molecular weight excluding hydrogens is 252 g/mol. The lowest BCUT2D eigenvalue weighted by Gasteiger charge is -2.10. The number of hydrogen-bond donors (Lipinski definition) is 1. The molecule has 3 heteroatoms. The van der Waals surface area contributed by atoms with Crippen LogP contribution in [0.25, 0.3) is 10.4 Å². The first-order valence-corrected chi connectivity index (χ1v) is 7.17. The third-order valence-electron chi connectivity index (χ3n) is 3.25. The maximum Gasteiger partial charge on any atom is 0.106 e. The Morgan fingerprint density at radius 1 is 1.16 bits per heavy atom. The van der Waals surface area contributed by atoms with Crippen LogP contribution in [0.4, 0.5) is 0 Å². The van der Waals surface area contributed by atoms with E-state index >= 15 is 0 Å². The number of aliphatic imine (C=N–C) groups is 1. The predicted molar refractivity (Wildman–Crippen MR) is 82.7 cm³/mol. The molecule has 19 heavy (non-hydrogen) atoms. The standard InChI is InChI=1S/C16H16N2S/c1-11-3-5-13(6-4-11)15-9-12(2)16(19-15)14-7-8-17-10-18-14/h3-10,14H,1-2H3,(H,17,18). The van der Waals surface area contributed by atoms with Crippen LogP contribution in [0.3, 0.4) is 0 Å². The van der Waals surface area contributed by atoms with Gasteiger partial charge in [-0.25, -0.2) is 0 Å². The monoisotopic (exact) mass is 268 g/mol. The molecule has 1 atom stereocenters. The Labute approximate surface area is 117 Å². The molecule has 1 aromatic heterocycles. The van der Waals surface area contributed by atoms with Crippen LogP contribution in [-0.2, 0) is 0 Å². The van der Waals surface area contributed by atoms with Crippen molar-refractivity contribution >= 4 is 17.7 Å². The number of nitrogens with zero attached hydrogens (tertiary/aromatic N) is 1. The Kier molecular flexibility index (Phi) is 3.22. The SMILES string of the molecule is Cc1ccc(-c2cc(C)c(C3C=CNC=N3)s2)cc1. The van der Waals surface area contributed by atoms with Gasteiger partial charge in [0.25, 0.3) is 0 Å². The molecule has 1 aliphatic heterocycles. The lowest BCUT2D eigenvalue weighted by Crippen LogP contribution is -2.08. The van der Waals surface area contributed by atoms with Crippen LogP contribution in [0.5, 0.6) is 0 Å². The molecule has 0 saturated heterocycles. The average molecular weight is 268 g/mol. The second-order valence-electron chi connectivity index (χ2n) is 4.77. The second kappa shape index (κ2) is 5.02. The first-order valence-electron chi connectivity index (χ1n) is 6.36. The van der Waals surface area contributed by atoms with Crippen LogP contribution in [0, 0.1) is 13.8 Å². The minimum Gasteiger partial charge on any atom is -0.353 e. The minimum absolute atomic E-state index is 0.158. The molecule has 0 aliphatic carbocycles. The van der Waals surface area contributed by atoms with Crippen molar-refractivity contribution in [2.75, 3.05) is 0 Å². The molecule has 0 radical (unpaired) electrons. The van der Waals surface area contributed by atoms with Crippen molar-refractivity contribution in [3.63, 3.8) is 0 Å². The molecule has 2 nitrogen and oxygen atoms in total. The summed E-state index contributed by atoms with van der Waals surface area (Å²) in [5.41, 5.74) is 3.89. The van der Waals surface area contributed by atoms with Crippen molar-refractivity contribution in [2.24, 2.45) is 4.99 Å². The molecule has 0 saturated carbocycles. The fraction of sp³-hybridized carbons (Fsp3) is 0.188. The van der Waals surface area contributed by atoms with Crippen LogP contribution in [-0.4, -0.2) is 6.34 Å². The van der Waals surface area contributed by atoms with E-state index in [2.05, 4.69) is 60.6 Å². The van der Waals surface area contributed by atoms with Gasteiger partial charge < -0.3 is 5.32 Å². The molecule has 2 aromatic rings. The van der Waals surface area contributed by atoms with Gasteiger partial charge in [-0.15, -0.1) is 11.3 Å². The zero-order valence-corrected chi connectivity index (χ0v) is 11.9. The van der Waals surface area contributed by atoms with Crippen molar-refractivity contribution in [2.45, 2.75) is 19.9 Å². The zero-order chi connectivity index (χ0) is 13.2. The lowest BCUT2D eigenvalue weighted by atomic mass is 10.1. The molecule has 3 rings (SSSR count). The topological polar surface area (TPSA) is 24.4 Å². The summed E-state index contributed by atoms with van der Waals surface area (Å²) in [5, 5.41) is 2.98. The van der Waals surface area contributed by atoms with Gasteiger partial charge in [-0.05, 0) is 37.1 Å². The van der Waals surface area contributed by atoms with E-state index in [1.165, 1.54) is 26.4 Å². The van der Waals surface area contributed by atoms with Gasteiger partial charge in [0.15, 0.2) is 0 Å². The maximum atomic E-state index is 4.47. The fourth-order valence-corrected chi connectivity index (χ4v) is 3.37. The Bertz CT molecular complexity index is 623. The van der Waals surface area contributed by atoms with Crippen molar-refractivity contribution in [1.82, 2.24) is 5.32 Å². The highest BCUT2D eigenvalue weighted by atomic mass is 32.1. The van der Waals surface area contributed by atoms with E-state index in [9.17, 15) is 0 Å². The molecule has 1 aliphatic rings. The summed E-state index contributed by atoms with van der Waals surface area (Å²) >= 11 is 1.83. The van der Waals surface area contributed by atoms with Gasteiger partial charge >= 0.3 is 0 Å². The van der Waals surface area contributed by atoms with Gasteiger partial charge in [-0.1, -0.05) is 29.8 Å². The van der Waals surface area contributed by atoms with E-state index in [0.717, 1.165) is 0 Å². The van der Waals surface area contributed by atoms with Gasteiger partial charge in [0.2, 0.25) is 0 Å². The van der Waals surface area contributed by atoms with E-state index < -0.39 is 0 Å². The van der Waals surface area contributed by atoms with E-state index in [4.69, 9.17) is 0 Å². The molecular formula is C16H16N2S. The molecule has 96 valence electrons. The molecule has 0 amide bonds. The Hall–Kier alpha value is -1.87. The number of aryl methyl sites for hydroxylation is 2. The highest BCUT2D eigenvalue weighted by Crippen LogP contribution is 2.36. The highest BCUT2D eigenvalue weighted by Gasteiger charge is 2.15. The summed E-state index contributed by atoms with van der Waals surface area (Å²) in [6, 6.07) is 11.1. The van der Waals surface area contributed by atoms with Gasteiger partial charge in [0.1, 0.15) is 6.04 Å². The summed E-state index contributed by atoms with van der Waals surface area (Å²) in [4.78, 5) is 7.11. The molecule has 2 heterocycles. The molecule has 1 N–H and O–H groups in total. The third-order valence-corrected chi connectivity index (χ3v) is 4.60. The summed E-state index contributed by atoms with van der Waals surface area (Å²) in [7, 11) is 0. The predicted octanol–water partition coefficient (Wildman–Crippen LogP) is 4.22. The third kappa shape index (κ3) is 2.47. The maximum absolute atomic E-state index is 4.47. The Morgan fingerprint density at radius 2 is 1.95 bits per heavy atom. The number of rotatable bonds is 2. The molecule has 0 spiro atoms. The fourth-order valence-electron chi connectivity index (χ4n) is 2.17. The summed E-state index contributed by atoms with van der Waals surface area (Å²) in [6.45, 7) is 4.28. The number of benzene rings is 1. The van der Waals surface area contributed by atoms with Crippen LogP contribution in [0.1, 0.15) is 22.0 Å². The van der Waals surface area contributed by atoms with Gasteiger partial charge in [0, 0.05) is 16.0 Å². The summed E-state index contributed by atoms with van der Waals surface area (Å²) in [6.07, 6.45) is 5.80. The number of hydrogen-bond acceptors (Lipinski definition) is 3. The average Bonchev–Trinajstić information content (AvgIpc) is 2.83. The Balaban J connectivity index is 1.97. The van der Waals surface area contributed by atoms with Crippen LogP contribution >= 0.6 is 11.3 Å². The van der Waals surface area contributed by atoms with E-state index in [0.29, 0.717) is 0 Å².